The van der Waals surface area contributed by atoms with Crippen LogP contribution in [0, 0.1) is 12.8 Å². The van der Waals surface area contributed by atoms with Gasteiger partial charge in [0.25, 0.3) is 0 Å². The van der Waals surface area contributed by atoms with Crippen LogP contribution >= 0.6 is 11.3 Å². The SMILES string of the molecule is CCN(CC1CC1)c1nc(C)c(CNC2CC2)s1. The van der Waals surface area contributed by atoms with Crippen LogP contribution in [0.15, 0.2) is 0 Å². The van der Waals surface area contributed by atoms with Crippen LogP contribution in [-0.2, 0) is 6.54 Å². The Bertz CT molecular complexity index is 407. The van der Waals surface area contributed by atoms with E-state index in [9.17, 15) is 0 Å². The van der Waals surface area contributed by atoms with Gasteiger partial charge in [0.15, 0.2) is 5.13 Å². The molecule has 0 spiro atoms. The average Bonchev–Trinajstić information content (AvgIpc) is 3.26. The Morgan fingerprint density at radius 1 is 1.33 bits per heavy atom. The summed E-state index contributed by atoms with van der Waals surface area (Å²) >= 11 is 1.88. The zero-order valence-electron chi connectivity index (χ0n) is 11.4. The molecule has 100 valence electrons. The average molecular weight is 265 g/mol. The van der Waals surface area contributed by atoms with E-state index < -0.39 is 0 Å². The Morgan fingerprint density at radius 2 is 2.11 bits per heavy atom. The summed E-state index contributed by atoms with van der Waals surface area (Å²) in [4.78, 5) is 8.64. The van der Waals surface area contributed by atoms with Crippen LogP contribution in [-0.4, -0.2) is 24.1 Å². The minimum absolute atomic E-state index is 0.781. The standard InChI is InChI=1S/C14H23N3S/c1-3-17(9-11-4-5-11)14-16-10(2)13(18-14)8-15-12-6-7-12/h11-12,15H,3-9H2,1-2H3. The summed E-state index contributed by atoms with van der Waals surface area (Å²) in [5, 5.41) is 4.82. The van der Waals surface area contributed by atoms with Crippen LogP contribution in [0.2, 0.25) is 0 Å². The molecule has 0 unspecified atom stereocenters. The second kappa shape index (κ2) is 5.17. The quantitative estimate of drug-likeness (QED) is 0.821. The summed E-state index contributed by atoms with van der Waals surface area (Å²) in [5.41, 5.74) is 1.22. The predicted octanol–water partition coefficient (Wildman–Crippen LogP) is 2.94. The highest BCUT2D eigenvalue weighted by molar-refractivity contribution is 7.15. The van der Waals surface area contributed by atoms with E-state index in [0.717, 1.165) is 25.0 Å². The second-order valence-corrected chi connectivity index (χ2v) is 6.70. The molecule has 2 saturated carbocycles. The van der Waals surface area contributed by atoms with E-state index in [1.165, 1.54) is 47.9 Å². The number of rotatable bonds is 7. The van der Waals surface area contributed by atoms with Gasteiger partial charge in [0.1, 0.15) is 0 Å². The Kier molecular flexibility index (Phi) is 3.57. The molecule has 2 aliphatic carbocycles. The van der Waals surface area contributed by atoms with Gasteiger partial charge in [0, 0.05) is 30.6 Å². The summed E-state index contributed by atoms with van der Waals surface area (Å²) < 4.78 is 0. The molecule has 1 aromatic heterocycles. The third-order valence-corrected chi connectivity index (χ3v) is 5.06. The van der Waals surface area contributed by atoms with Crippen LogP contribution in [0.1, 0.15) is 43.2 Å². The Labute approximate surface area is 114 Å². The van der Waals surface area contributed by atoms with Gasteiger partial charge < -0.3 is 10.2 Å². The molecule has 2 fully saturated rings. The van der Waals surface area contributed by atoms with Crippen molar-refractivity contribution in [3.8, 4) is 0 Å². The fourth-order valence-electron chi connectivity index (χ4n) is 2.19. The molecule has 0 radical (unpaired) electrons. The van der Waals surface area contributed by atoms with Crippen LogP contribution < -0.4 is 10.2 Å². The Balaban J connectivity index is 1.64. The van der Waals surface area contributed by atoms with Gasteiger partial charge in [-0.3, -0.25) is 0 Å². The van der Waals surface area contributed by atoms with Gasteiger partial charge in [-0.15, -0.1) is 11.3 Å². The Morgan fingerprint density at radius 3 is 2.72 bits per heavy atom. The molecule has 3 nitrogen and oxygen atoms in total. The van der Waals surface area contributed by atoms with Crippen molar-refractivity contribution in [2.75, 3.05) is 18.0 Å². The van der Waals surface area contributed by atoms with Crippen molar-refractivity contribution in [3.63, 3.8) is 0 Å². The lowest BCUT2D eigenvalue weighted by molar-refractivity contribution is 0.691. The largest absolute Gasteiger partial charge is 0.348 e. The minimum atomic E-state index is 0.781. The van der Waals surface area contributed by atoms with Crippen LogP contribution in [0.3, 0.4) is 0 Å². The molecule has 3 rings (SSSR count). The normalized spacial score (nSPS) is 19.2. The monoisotopic (exact) mass is 265 g/mol. The van der Waals surface area contributed by atoms with Crippen molar-refractivity contribution in [1.82, 2.24) is 10.3 Å². The number of aromatic nitrogens is 1. The van der Waals surface area contributed by atoms with E-state index in [1.807, 2.05) is 11.3 Å². The summed E-state index contributed by atoms with van der Waals surface area (Å²) in [5.74, 6) is 0.933. The highest BCUT2D eigenvalue weighted by atomic mass is 32.1. The zero-order chi connectivity index (χ0) is 12.5. The van der Waals surface area contributed by atoms with Crippen molar-refractivity contribution >= 4 is 16.5 Å². The number of nitrogens with one attached hydrogen (secondary N) is 1. The van der Waals surface area contributed by atoms with E-state index in [-0.39, 0.29) is 0 Å². The van der Waals surface area contributed by atoms with Crippen molar-refractivity contribution in [1.29, 1.82) is 0 Å². The number of aryl methyl sites for hydroxylation is 1. The van der Waals surface area contributed by atoms with E-state index in [2.05, 4.69) is 24.1 Å². The maximum Gasteiger partial charge on any atom is 0.185 e. The lowest BCUT2D eigenvalue weighted by Gasteiger charge is -2.19. The second-order valence-electron chi connectivity index (χ2n) is 5.64. The highest BCUT2D eigenvalue weighted by Gasteiger charge is 2.26. The number of nitrogens with zero attached hydrogens (tertiary/aromatic N) is 2. The third-order valence-electron chi connectivity index (χ3n) is 3.84. The van der Waals surface area contributed by atoms with Crippen LogP contribution in [0.4, 0.5) is 5.13 Å². The van der Waals surface area contributed by atoms with Gasteiger partial charge in [-0.05, 0) is 45.4 Å². The van der Waals surface area contributed by atoms with E-state index in [0.29, 0.717) is 0 Å². The summed E-state index contributed by atoms with van der Waals surface area (Å²) in [6.45, 7) is 7.68. The van der Waals surface area contributed by atoms with Crippen molar-refractivity contribution in [3.05, 3.63) is 10.6 Å². The predicted molar refractivity (Wildman–Crippen MR) is 77.3 cm³/mol. The molecule has 0 saturated heterocycles. The van der Waals surface area contributed by atoms with Crippen molar-refractivity contribution in [2.45, 2.75) is 52.1 Å². The molecular weight excluding hydrogens is 242 g/mol. The summed E-state index contributed by atoms with van der Waals surface area (Å²) in [6.07, 6.45) is 5.54. The number of hydrogen-bond donors (Lipinski definition) is 1. The van der Waals surface area contributed by atoms with Gasteiger partial charge in [-0.25, -0.2) is 4.98 Å². The van der Waals surface area contributed by atoms with Gasteiger partial charge in [-0.1, -0.05) is 0 Å². The third kappa shape index (κ3) is 3.04. The topological polar surface area (TPSA) is 28.2 Å². The highest BCUT2D eigenvalue weighted by Crippen LogP contribution is 2.33. The number of anilines is 1. The maximum atomic E-state index is 4.77. The van der Waals surface area contributed by atoms with E-state index >= 15 is 0 Å². The van der Waals surface area contributed by atoms with E-state index in [4.69, 9.17) is 4.98 Å². The lowest BCUT2D eigenvalue weighted by atomic mass is 10.4. The van der Waals surface area contributed by atoms with Crippen molar-refractivity contribution in [2.24, 2.45) is 5.92 Å². The molecule has 1 aromatic rings. The van der Waals surface area contributed by atoms with Gasteiger partial charge >= 0.3 is 0 Å². The first-order chi connectivity index (χ1) is 8.76. The van der Waals surface area contributed by atoms with Gasteiger partial charge in [-0.2, -0.15) is 0 Å². The Hall–Kier alpha value is -0.610. The lowest BCUT2D eigenvalue weighted by Crippen LogP contribution is -2.24. The molecule has 0 amide bonds. The molecule has 1 N–H and O–H groups in total. The summed E-state index contributed by atoms with van der Waals surface area (Å²) in [7, 11) is 0. The number of thiazole rings is 1. The number of hydrogen-bond acceptors (Lipinski definition) is 4. The van der Waals surface area contributed by atoms with Crippen LogP contribution in [0.5, 0.6) is 0 Å². The van der Waals surface area contributed by atoms with Gasteiger partial charge in [0.2, 0.25) is 0 Å². The summed E-state index contributed by atoms with van der Waals surface area (Å²) in [6, 6.07) is 0.781. The first-order valence-electron chi connectivity index (χ1n) is 7.21. The smallest absolute Gasteiger partial charge is 0.185 e. The van der Waals surface area contributed by atoms with Crippen LogP contribution in [0.25, 0.3) is 0 Å². The molecule has 0 aromatic carbocycles. The fraction of sp³-hybridized carbons (Fsp3) is 0.786. The van der Waals surface area contributed by atoms with E-state index in [1.54, 1.807) is 0 Å². The van der Waals surface area contributed by atoms with Gasteiger partial charge in [0.05, 0.1) is 5.69 Å². The molecule has 1 heterocycles. The molecule has 0 atom stereocenters. The molecule has 18 heavy (non-hydrogen) atoms. The first-order valence-corrected chi connectivity index (χ1v) is 8.02. The minimum Gasteiger partial charge on any atom is -0.348 e. The molecule has 0 bridgehead atoms. The first kappa shape index (κ1) is 12.4. The zero-order valence-corrected chi connectivity index (χ0v) is 12.2. The molecule has 2 aliphatic rings. The molecule has 0 aliphatic heterocycles. The van der Waals surface area contributed by atoms with Crippen molar-refractivity contribution < 1.29 is 0 Å². The fourth-order valence-corrected chi connectivity index (χ4v) is 3.28. The maximum absolute atomic E-state index is 4.77. The molecular formula is C14H23N3S. The molecule has 4 heteroatoms.